The van der Waals surface area contributed by atoms with Gasteiger partial charge < -0.3 is 24.7 Å². The quantitative estimate of drug-likeness (QED) is 0.308. The lowest BCUT2D eigenvalue weighted by atomic mass is 10.2. The van der Waals surface area contributed by atoms with Gasteiger partial charge in [-0.2, -0.15) is 5.10 Å². The van der Waals surface area contributed by atoms with Crippen LogP contribution in [0.15, 0.2) is 27.8 Å². The number of rotatable bonds is 5. The van der Waals surface area contributed by atoms with E-state index in [2.05, 4.69) is 35.7 Å². The van der Waals surface area contributed by atoms with Gasteiger partial charge in [0.15, 0.2) is 11.7 Å². The van der Waals surface area contributed by atoms with Gasteiger partial charge in [-0.05, 0) is 39.3 Å². The number of carbonyl (C=O) groups excluding carboxylic acids is 1. The number of amides is 1. The predicted molar refractivity (Wildman–Crippen MR) is 124 cm³/mol. The summed E-state index contributed by atoms with van der Waals surface area (Å²) in [7, 11) is 1.75. The van der Waals surface area contributed by atoms with Gasteiger partial charge >= 0.3 is 6.09 Å². The van der Waals surface area contributed by atoms with Crippen molar-refractivity contribution in [2.45, 2.75) is 45.3 Å². The lowest BCUT2D eigenvalue weighted by molar-refractivity contribution is 0.0507. The standard InChI is InChI=1S/C19H29N7O3.HI/c1-19(2,3)29-18(27)22-13-8-10-26(12-13)17(20-4)21-9-7-15-23-16(25-24-15)14-6-5-11-28-14;/h5-6,11,13H,7-10,12H2,1-4H3,(H,20,21)(H,22,27)(H,23,24,25);1H. The molecule has 1 saturated heterocycles. The van der Waals surface area contributed by atoms with E-state index in [1.54, 1.807) is 19.4 Å². The highest BCUT2D eigenvalue weighted by molar-refractivity contribution is 14.0. The summed E-state index contributed by atoms with van der Waals surface area (Å²) in [5, 5.41) is 13.4. The molecule has 11 heteroatoms. The fraction of sp³-hybridized carbons (Fsp3) is 0.579. The Morgan fingerprint density at radius 2 is 2.27 bits per heavy atom. The molecule has 0 bridgehead atoms. The van der Waals surface area contributed by atoms with Gasteiger partial charge in [-0.25, -0.2) is 9.78 Å². The van der Waals surface area contributed by atoms with Crippen molar-refractivity contribution in [1.29, 1.82) is 0 Å². The normalized spacial score (nSPS) is 16.9. The van der Waals surface area contributed by atoms with Crippen LogP contribution in [0.5, 0.6) is 0 Å². The Labute approximate surface area is 193 Å². The predicted octanol–water partition coefficient (Wildman–Crippen LogP) is 2.40. The van der Waals surface area contributed by atoms with Crippen LogP contribution in [0.25, 0.3) is 11.6 Å². The summed E-state index contributed by atoms with van der Waals surface area (Å²) < 4.78 is 10.6. The fourth-order valence-corrected chi connectivity index (χ4v) is 3.09. The second kappa shape index (κ2) is 10.6. The maximum atomic E-state index is 12.0. The number of guanidine groups is 1. The van der Waals surface area contributed by atoms with Crippen LogP contribution in [-0.2, 0) is 11.2 Å². The van der Waals surface area contributed by atoms with Gasteiger partial charge in [-0.3, -0.25) is 10.1 Å². The van der Waals surface area contributed by atoms with Crippen LogP contribution >= 0.6 is 24.0 Å². The van der Waals surface area contributed by atoms with Crippen molar-refractivity contribution >= 4 is 36.0 Å². The number of alkyl carbamates (subject to hydrolysis) is 1. The molecule has 0 radical (unpaired) electrons. The van der Waals surface area contributed by atoms with Crippen molar-refractivity contribution in [3.8, 4) is 11.6 Å². The van der Waals surface area contributed by atoms with Crippen LogP contribution in [0, 0.1) is 0 Å². The number of furan rings is 1. The van der Waals surface area contributed by atoms with Crippen molar-refractivity contribution in [2.24, 2.45) is 4.99 Å². The molecule has 3 N–H and O–H groups in total. The van der Waals surface area contributed by atoms with E-state index in [0.717, 1.165) is 24.7 Å². The fourth-order valence-electron chi connectivity index (χ4n) is 3.09. The molecule has 0 spiro atoms. The number of aromatic nitrogens is 3. The maximum absolute atomic E-state index is 12.0. The molecule has 3 rings (SSSR count). The zero-order valence-electron chi connectivity index (χ0n) is 17.8. The number of halogens is 1. The molecule has 1 aliphatic rings. The van der Waals surface area contributed by atoms with Crippen molar-refractivity contribution in [3.05, 3.63) is 24.2 Å². The van der Waals surface area contributed by atoms with Gasteiger partial charge in [0, 0.05) is 33.1 Å². The Balaban J connectivity index is 0.00000320. The molecular weight excluding hydrogens is 501 g/mol. The molecule has 0 aromatic carbocycles. The third-order valence-electron chi connectivity index (χ3n) is 4.34. The molecule has 0 saturated carbocycles. The number of aliphatic imine (C=N–C) groups is 1. The Morgan fingerprint density at radius 3 is 2.93 bits per heavy atom. The molecular formula is C19H30IN7O3. The number of ether oxygens (including phenoxy) is 1. The molecule has 0 aliphatic carbocycles. The van der Waals surface area contributed by atoms with Gasteiger partial charge in [0.1, 0.15) is 11.4 Å². The Kier molecular flexibility index (Phi) is 8.50. The summed E-state index contributed by atoms with van der Waals surface area (Å²) in [6.07, 6.45) is 2.72. The van der Waals surface area contributed by atoms with E-state index < -0.39 is 5.60 Å². The molecule has 1 atom stereocenters. The minimum Gasteiger partial charge on any atom is -0.461 e. The first-order chi connectivity index (χ1) is 13.8. The maximum Gasteiger partial charge on any atom is 0.407 e. The molecule has 1 fully saturated rings. The summed E-state index contributed by atoms with van der Waals surface area (Å²) in [6, 6.07) is 3.66. The summed E-state index contributed by atoms with van der Waals surface area (Å²) in [6.45, 7) is 7.71. The lowest BCUT2D eigenvalue weighted by Gasteiger charge is -2.23. The molecule has 1 aliphatic heterocycles. The topological polar surface area (TPSA) is 121 Å². The molecule has 30 heavy (non-hydrogen) atoms. The number of H-pyrrole nitrogens is 1. The molecule has 1 amide bonds. The number of nitrogens with zero attached hydrogens (tertiary/aromatic N) is 4. The van der Waals surface area contributed by atoms with E-state index in [0.29, 0.717) is 31.1 Å². The number of aromatic amines is 1. The van der Waals surface area contributed by atoms with Crippen molar-refractivity contribution < 1.29 is 13.9 Å². The molecule has 166 valence electrons. The van der Waals surface area contributed by atoms with Crippen molar-refractivity contribution in [2.75, 3.05) is 26.7 Å². The molecule has 2 aromatic heterocycles. The van der Waals surface area contributed by atoms with Gasteiger partial charge in [0.25, 0.3) is 0 Å². The SMILES string of the molecule is CN=C(NCCc1nc(-c2ccco2)n[nH]1)N1CCC(NC(=O)OC(C)(C)C)C1.I. The van der Waals surface area contributed by atoms with Crippen molar-refractivity contribution in [1.82, 2.24) is 30.7 Å². The summed E-state index contributed by atoms with van der Waals surface area (Å²) in [5.74, 6) is 2.75. The van der Waals surface area contributed by atoms with E-state index in [4.69, 9.17) is 9.15 Å². The number of hydrogen-bond donors (Lipinski definition) is 3. The van der Waals surface area contributed by atoms with Gasteiger partial charge in [0.05, 0.1) is 12.3 Å². The zero-order chi connectivity index (χ0) is 20.9. The summed E-state index contributed by atoms with van der Waals surface area (Å²) >= 11 is 0. The van der Waals surface area contributed by atoms with Crippen molar-refractivity contribution in [3.63, 3.8) is 0 Å². The number of likely N-dealkylation sites (tertiary alicyclic amines) is 1. The smallest absolute Gasteiger partial charge is 0.407 e. The Hall–Kier alpha value is -2.31. The van der Waals surface area contributed by atoms with E-state index in [1.165, 1.54) is 0 Å². The van der Waals surface area contributed by atoms with Crippen LogP contribution < -0.4 is 10.6 Å². The number of hydrogen-bond acceptors (Lipinski definition) is 6. The molecule has 10 nitrogen and oxygen atoms in total. The van der Waals surface area contributed by atoms with Crippen LogP contribution in [-0.4, -0.2) is 70.5 Å². The Bertz CT molecular complexity index is 830. The molecule has 2 aromatic rings. The summed E-state index contributed by atoms with van der Waals surface area (Å²) in [5.41, 5.74) is -0.503. The van der Waals surface area contributed by atoms with Crippen LogP contribution in [0.1, 0.15) is 33.0 Å². The average molecular weight is 531 g/mol. The highest BCUT2D eigenvalue weighted by atomic mass is 127. The lowest BCUT2D eigenvalue weighted by Crippen LogP contribution is -2.44. The van der Waals surface area contributed by atoms with E-state index >= 15 is 0 Å². The minimum atomic E-state index is -0.503. The monoisotopic (exact) mass is 531 g/mol. The molecule has 3 heterocycles. The first-order valence-electron chi connectivity index (χ1n) is 9.74. The molecule has 1 unspecified atom stereocenters. The van der Waals surface area contributed by atoms with Gasteiger partial charge in [-0.15, -0.1) is 24.0 Å². The number of carbonyl (C=O) groups is 1. The first kappa shape index (κ1) is 24.0. The average Bonchev–Trinajstić information content (AvgIpc) is 3.38. The summed E-state index contributed by atoms with van der Waals surface area (Å²) in [4.78, 5) is 22.9. The van der Waals surface area contributed by atoms with E-state index in [9.17, 15) is 4.79 Å². The number of nitrogens with one attached hydrogen (secondary N) is 3. The van der Waals surface area contributed by atoms with Crippen LogP contribution in [0.4, 0.5) is 4.79 Å². The van der Waals surface area contributed by atoms with E-state index in [-0.39, 0.29) is 36.1 Å². The second-order valence-electron chi connectivity index (χ2n) is 7.88. The largest absolute Gasteiger partial charge is 0.461 e. The zero-order valence-corrected chi connectivity index (χ0v) is 20.1. The highest BCUT2D eigenvalue weighted by Crippen LogP contribution is 2.14. The highest BCUT2D eigenvalue weighted by Gasteiger charge is 2.27. The van der Waals surface area contributed by atoms with E-state index in [1.807, 2.05) is 26.8 Å². The third-order valence-corrected chi connectivity index (χ3v) is 4.34. The van der Waals surface area contributed by atoms with Crippen LogP contribution in [0.2, 0.25) is 0 Å². The van der Waals surface area contributed by atoms with Gasteiger partial charge in [0.2, 0.25) is 5.82 Å². The van der Waals surface area contributed by atoms with Crippen LogP contribution in [0.3, 0.4) is 0 Å². The third kappa shape index (κ3) is 6.89. The minimum absolute atomic E-state index is 0. The first-order valence-corrected chi connectivity index (χ1v) is 9.74. The van der Waals surface area contributed by atoms with Gasteiger partial charge in [-0.1, -0.05) is 0 Å². The second-order valence-corrected chi connectivity index (χ2v) is 7.88. The Morgan fingerprint density at radius 1 is 1.47 bits per heavy atom.